The predicted octanol–water partition coefficient (Wildman–Crippen LogP) is 3.49. The van der Waals surface area contributed by atoms with E-state index in [1.165, 1.54) is 7.05 Å². The number of amides is 1. The van der Waals surface area contributed by atoms with E-state index in [0.29, 0.717) is 29.9 Å². The van der Waals surface area contributed by atoms with Gasteiger partial charge in [0.05, 0.1) is 34.7 Å². The molecule has 0 bridgehead atoms. The zero-order valence-electron chi connectivity index (χ0n) is 18.6. The number of carbonyl (C=O) groups is 1. The van der Waals surface area contributed by atoms with Crippen molar-refractivity contribution in [2.75, 3.05) is 6.54 Å². The molecule has 1 aromatic carbocycles. The number of nitrogens with zero attached hydrogens (tertiary/aromatic N) is 7. The van der Waals surface area contributed by atoms with Crippen molar-refractivity contribution in [3.05, 3.63) is 53.0 Å². The van der Waals surface area contributed by atoms with Crippen LogP contribution in [0, 0.1) is 0 Å². The van der Waals surface area contributed by atoms with Gasteiger partial charge in [-0.2, -0.15) is 28.5 Å². The first-order chi connectivity index (χ1) is 15.6. The molecule has 0 radical (unpaired) electrons. The van der Waals surface area contributed by atoms with Crippen molar-refractivity contribution >= 4 is 16.8 Å². The van der Waals surface area contributed by atoms with Gasteiger partial charge in [-0.3, -0.25) is 18.8 Å². The van der Waals surface area contributed by atoms with E-state index in [9.17, 15) is 18.0 Å². The van der Waals surface area contributed by atoms with Crippen LogP contribution in [0.25, 0.3) is 22.3 Å². The largest absolute Gasteiger partial charge is 0.433 e. The van der Waals surface area contributed by atoms with Gasteiger partial charge < -0.3 is 4.90 Å². The number of fused-ring (bicyclic) bond motifs is 2. The summed E-state index contributed by atoms with van der Waals surface area (Å²) in [5.74, 6) is -0.133. The van der Waals surface area contributed by atoms with Crippen LogP contribution in [-0.4, -0.2) is 46.7 Å². The fraction of sp³-hybridized carbons (Fsp3) is 0.364. The normalized spacial score (nSPS) is 16.5. The maximum absolute atomic E-state index is 13.5. The Morgan fingerprint density at radius 2 is 1.85 bits per heavy atom. The third-order valence-corrected chi connectivity index (χ3v) is 6.31. The minimum Gasteiger partial charge on any atom is -0.330 e. The van der Waals surface area contributed by atoms with Gasteiger partial charge in [0.1, 0.15) is 11.4 Å². The fourth-order valence-corrected chi connectivity index (χ4v) is 4.75. The molecule has 172 valence electrons. The Morgan fingerprint density at radius 3 is 2.55 bits per heavy atom. The Hall–Kier alpha value is -3.63. The van der Waals surface area contributed by atoms with Crippen LogP contribution in [0.3, 0.4) is 0 Å². The van der Waals surface area contributed by atoms with E-state index < -0.39 is 11.9 Å². The fourth-order valence-electron chi connectivity index (χ4n) is 4.75. The number of rotatable bonds is 2. The van der Waals surface area contributed by atoms with Crippen LogP contribution in [0.15, 0.2) is 30.5 Å². The van der Waals surface area contributed by atoms with Gasteiger partial charge in [0, 0.05) is 38.6 Å². The first-order valence-corrected chi connectivity index (χ1v) is 10.5. The molecule has 1 amide bonds. The van der Waals surface area contributed by atoms with Crippen LogP contribution in [0.2, 0.25) is 0 Å². The lowest BCUT2D eigenvalue weighted by Crippen LogP contribution is -2.39. The Labute approximate surface area is 187 Å². The molecule has 0 saturated carbocycles. The van der Waals surface area contributed by atoms with Gasteiger partial charge in [-0.05, 0) is 25.5 Å². The van der Waals surface area contributed by atoms with Gasteiger partial charge in [-0.1, -0.05) is 12.1 Å². The van der Waals surface area contributed by atoms with E-state index in [2.05, 4.69) is 15.3 Å². The molecule has 4 heterocycles. The summed E-state index contributed by atoms with van der Waals surface area (Å²) in [4.78, 5) is 15.3. The minimum absolute atomic E-state index is 0.133. The lowest BCUT2D eigenvalue weighted by Gasteiger charge is -2.33. The summed E-state index contributed by atoms with van der Waals surface area (Å²) in [5.41, 5.74) is 2.74. The highest BCUT2D eigenvalue weighted by Gasteiger charge is 2.38. The summed E-state index contributed by atoms with van der Waals surface area (Å²) < 4.78 is 43.9. The van der Waals surface area contributed by atoms with E-state index in [1.807, 2.05) is 19.1 Å². The highest BCUT2D eigenvalue weighted by Crippen LogP contribution is 2.38. The topological polar surface area (TPSA) is 73.8 Å². The third kappa shape index (κ3) is 3.21. The van der Waals surface area contributed by atoms with Gasteiger partial charge in [-0.15, -0.1) is 0 Å². The molecule has 3 aromatic heterocycles. The number of halogens is 3. The number of aryl methyl sites for hydroxylation is 3. The van der Waals surface area contributed by atoms with Gasteiger partial charge in [-0.25, -0.2) is 0 Å². The zero-order valence-corrected chi connectivity index (χ0v) is 18.6. The molecule has 1 aliphatic heterocycles. The van der Waals surface area contributed by atoms with Crippen LogP contribution >= 0.6 is 0 Å². The number of para-hydroxylation sites is 1. The van der Waals surface area contributed by atoms with Crippen LogP contribution < -0.4 is 0 Å². The SMILES string of the molecule is C[C@H]1c2nn(C)c(-c3cc(C(F)(F)F)n(C)n3)c2CCN1C(=O)c1cccc2cnn(C)c12. The van der Waals surface area contributed by atoms with E-state index in [-0.39, 0.29) is 17.6 Å². The molecule has 11 heteroatoms. The number of carbonyl (C=O) groups excluding carboxylic acids is 1. The molecule has 5 rings (SSSR count). The highest BCUT2D eigenvalue weighted by molar-refractivity contribution is 6.05. The monoisotopic (exact) mass is 457 g/mol. The maximum atomic E-state index is 13.5. The highest BCUT2D eigenvalue weighted by atomic mass is 19.4. The Bertz CT molecular complexity index is 1400. The molecule has 4 aromatic rings. The Balaban J connectivity index is 1.53. The van der Waals surface area contributed by atoms with Crippen molar-refractivity contribution < 1.29 is 18.0 Å². The lowest BCUT2D eigenvalue weighted by atomic mass is 9.96. The van der Waals surface area contributed by atoms with Crippen LogP contribution in [-0.2, 0) is 33.7 Å². The summed E-state index contributed by atoms with van der Waals surface area (Å²) >= 11 is 0. The summed E-state index contributed by atoms with van der Waals surface area (Å²) in [6.45, 7) is 2.30. The smallest absolute Gasteiger partial charge is 0.330 e. The van der Waals surface area contributed by atoms with Gasteiger partial charge in [0.15, 0.2) is 0 Å². The zero-order chi connectivity index (χ0) is 23.7. The van der Waals surface area contributed by atoms with E-state index in [4.69, 9.17) is 0 Å². The van der Waals surface area contributed by atoms with Gasteiger partial charge in [0.2, 0.25) is 0 Å². The number of hydrogen-bond donors (Lipinski definition) is 0. The second-order valence-electron chi connectivity index (χ2n) is 8.31. The van der Waals surface area contributed by atoms with E-state index in [0.717, 1.165) is 27.2 Å². The Morgan fingerprint density at radius 1 is 1.09 bits per heavy atom. The molecule has 33 heavy (non-hydrogen) atoms. The van der Waals surface area contributed by atoms with Crippen LogP contribution in [0.5, 0.6) is 0 Å². The molecule has 0 N–H and O–H groups in total. The van der Waals surface area contributed by atoms with Crippen molar-refractivity contribution in [1.82, 2.24) is 34.2 Å². The molecule has 8 nitrogen and oxygen atoms in total. The summed E-state index contributed by atoms with van der Waals surface area (Å²) in [7, 11) is 4.76. The number of aromatic nitrogens is 6. The molecule has 0 unspecified atom stereocenters. The number of benzene rings is 1. The summed E-state index contributed by atoms with van der Waals surface area (Å²) in [6, 6.07) is 6.21. The standard InChI is InChI=1S/C22H22F3N7O/c1-12-18-14(20(31(4)28-18)16-10-17(22(23,24)25)29(2)27-16)8-9-32(12)21(33)15-7-5-6-13-11-26-30(3)19(13)15/h5-7,10-12H,8-9H2,1-4H3/t12-/m0/s1. The molecule has 1 aliphatic rings. The van der Waals surface area contributed by atoms with Crippen molar-refractivity contribution in [1.29, 1.82) is 0 Å². The van der Waals surface area contributed by atoms with Gasteiger partial charge in [0.25, 0.3) is 5.91 Å². The molecule has 0 spiro atoms. The van der Waals surface area contributed by atoms with Crippen molar-refractivity contribution in [3.63, 3.8) is 0 Å². The quantitative estimate of drug-likeness (QED) is 0.462. The molecule has 0 saturated heterocycles. The third-order valence-electron chi connectivity index (χ3n) is 6.31. The van der Waals surface area contributed by atoms with Crippen molar-refractivity contribution in [2.24, 2.45) is 21.1 Å². The summed E-state index contributed by atoms with van der Waals surface area (Å²) in [6.07, 6.45) is -2.31. The van der Waals surface area contributed by atoms with Crippen molar-refractivity contribution in [2.45, 2.75) is 25.6 Å². The summed E-state index contributed by atoms with van der Waals surface area (Å²) in [5, 5.41) is 13.8. The average molecular weight is 457 g/mol. The molecular formula is C22H22F3N7O. The van der Waals surface area contributed by atoms with E-state index >= 15 is 0 Å². The minimum atomic E-state index is -4.50. The second-order valence-corrected chi connectivity index (χ2v) is 8.31. The number of alkyl halides is 3. The molecule has 0 aliphatic carbocycles. The first kappa shape index (κ1) is 21.2. The van der Waals surface area contributed by atoms with Crippen LogP contribution in [0.1, 0.15) is 40.3 Å². The first-order valence-electron chi connectivity index (χ1n) is 10.5. The molecular weight excluding hydrogens is 435 g/mol. The Kier molecular flexibility index (Phi) is 4.62. The molecule has 1 atom stereocenters. The second kappa shape index (κ2) is 7.19. The predicted molar refractivity (Wildman–Crippen MR) is 114 cm³/mol. The lowest BCUT2D eigenvalue weighted by molar-refractivity contribution is -0.143. The van der Waals surface area contributed by atoms with E-state index in [1.54, 1.807) is 40.6 Å². The van der Waals surface area contributed by atoms with Crippen LogP contribution in [0.4, 0.5) is 13.2 Å². The van der Waals surface area contributed by atoms with Gasteiger partial charge >= 0.3 is 6.18 Å². The maximum Gasteiger partial charge on any atom is 0.433 e. The molecule has 0 fully saturated rings. The average Bonchev–Trinajstić information content (AvgIpc) is 3.42. The number of hydrogen-bond acceptors (Lipinski definition) is 4. The van der Waals surface area contributed by atoms with Crippen molar-refractivity contribution in [3.8, 4) is 11.4 Å².